The third-order valence-corrected chi connectivity index (χ3v) is 3.88. The monoisotopic (exact) mass is 295 g/mol. The molecule has 3 rings (SSSR count). The van der Waals surface area contributed by atoms with Crippen LogP contribution in [0.1, 0.15) is 21.6 Å². The van der Waals surface area contributed by atoms with Crippen molar-refractivity contribution in [3.8, 4) is 11.4 Å². The summed E-state index contributed by atoms with van der Waals surface area (Å²) in [5.41, 5.74) is 3.97. The zero-order chi connectivity index (χ0) is 15.9. The number of hydrogen-bond acceptors (Lipinski definition) is 2. The largest absolute Gasteiger partial charge is 0.497 e. The number of aromatic carboxylic acids is 1. The molecule has 22 heavy (non-hydrogen) atoms. The molecule has 0 unspecified atom stereocenters. The van der Waals surface area contributed by atoms with Gasteiger partial charge in [0.1, 0.15) is 5.75 Å². The van der Waals surface area contributed by atoms with Crippen LogP contribution in [0, 0.1) is 13.8 Å². The molecule has 3 aromatic rings. The van der Waals surface area contributed by atoms with E-state index in [1.54, 1.807) is 13.2 Å². The Bertz CT molecular complexity index is 877. The summed E-state index contributed by atoms with van der Waals surface area (Å²) in [7, 11) is 1.58. The molecule has 112 valence electrons. The average molecular weight is 295 g/mol. The fraction of sp³-hybridized carbons (Fsp3) is 0.167. The van der Waals surface area contributed by atoms with Gasteiger partial charge in [0.25, 0.3) is 0 Å². The highest BCUT2D eigenvalue weighted by Crippen LogP contribution is 2.32. The molecular formula is C18H17NO3. The van der Waals surface area contributed by atoms with Gasteiger partial charge in [-0.05, 0) is 49.7 Å². The predicted octanol–water partition coefficient (Wildman–Crippen LogP) is 3.95. The van der Waals surface area contributed by atoms with E-state index < -0.39 is 5.97 Å². The van der Waals surface area contributed by atoms with Crippen LogP contribution in [-0.2, 0) is 0 Å². The van der Waals surface area contributed by atoms with Crippen LogP contribution < -0.4 is 4.74 Å². The van der Waals surface area contributed by atoms with E-state index in [4.69, 9.17) is 4.74 Å². The van der Waals surface area contributed by atoms with Gasteiger partial charge in [0.2, 0.25) is 0 Å². The number of nitrogens with zero attached hydrogens (tertiary/aromatic N) is 1. The lowest BCUT2D eigenvalue weighted by Crippen LogP contribution is -2.01. The van der Waals surface area contributed by atoms with Gasteiger partial charge in [-0.3, -0.25) is 0 Å². The Morgan fingerprint density at radius 3 is 2.55 bits per heavy atom. The second-order valence-corrected chi connectivity index (χ2v) is 5.32. The summed E-state index contributed by atoms with van der Waals surface area (Å²) in [5.74, 6) is -0.279. The highest BCUT2D eigenvalue weighted by Gasteiger charge is 2.20. The molecule has 0 saturated heterocycles. The van der Waals surface area contributed by atoms with Crippen LogP contribution in [0.4, 0.5) is 0 Å². The lowest BCUT2D eigenvalue weighted by molar-refractivity contribution is 0.0698. The van der Waals surface area contributed by atoms with Crippen LogP contribution in [0.5, 0.6) is 5.75 Å². The Balaban J connectivity index is 2.40. The minimum atomic E-state index is -0.929. The number of carboxylic acids is 1. The number of ether oxygens (including phenoxy) is 1. The standard InChI is InChI=1S/C18H17NO3/c1-11-5-4-6-13(9-11)19-12(2)17(18(20)21)15-10-14(22-3)7-8-16(15)19/h4-10H,1-3H3,(H,20,21). The molecule has 2 aromatic carbocycles. The zero-order valence-corrected chi connectivity index (χ0v) is 12.8. The fourth-order valence-electron chi connectivity index (χ4n) is 2.89. The number of fused-ring (bicyclic) bond motifs is 1. The van der Waals surface area contributed by atoms with Gasteiger partial charge in [0.15, 0.2) is 0 Å². The van der Waals surface area contributed by atoms with Crippen molar-refractivity contribution in [3.63, 3.8) is 0 Å². The van der Waals surface area contributed by atoms with E-state index in [0.717, 1.165) is 16.8 Å². The van der Waals surface area contributed by atoms with Crippen molar-refractivity contribution in [1.29, 1.82) is 0 Å². The number of carbonyl (C=O) groups is 1. The van der Waals surface area contributed by atoms with E-state index in [1.807, 2.05) is 54.8 Å². The first-order valence-corrected chi connectivity index (χ1v) is 7.02. The van der Waals surface area contributed by atoms with E-state index in [2.05, 4.69) is 0 Å². The molecule has 0 atom stereocenters. The van der Waals surface area contributed by atoms with Crippen molar-refractivity contribution in [3.05, 3.63) is 59.3 Å². The average Bonchev–Trinajstić information content (AvgIpc) is 2.78. The minimum Gasteiger partial charge on any atom is -0.497 e. The second kappa shape index (κ2) is 5.22. The lowest BCUT2D eigenvalue weighted by atomic mass is 10.1. The van der Waals surface area contributed by atoms with Gasteiger partial charge in [-0.25, -0.2) is 4.79 Å². The Kier molecular flexibility index (Phi) is 3.37. The van der Waals surface area contributed by atoms with Crippen LogP contribution in [0.3, 0.4) is 0 Å². The maximum absolute atomic E-state index is 11.7. The molecule has 1 N–H and O–H groups in total. The number of rotatable bonds is 3. The molecule has 1 heterocycles. The van der Waals surface area contributed by atoms with Crippen LogP contribution in [0.2, 0.25) is 0 Å². The molecule has 0 aliphatic rings. The predicted molar refractivity (Wildman–Crippen MR) is 86.3 cm³/mol. The van der Waals surface area contributed by atoms with E-state index in [9.17, 15) is 9.90 Å². The van der Waals surface area contributed by atoms with Crippen LogP contribution in [-0.4, -0.2) is 22.8 Å². The molecule has 1 aromatic heterocycles. The quantitative estimate of drug-likeness (QED) is 0.796. The van der Waals surface area contributed by atoms with Crippen LogP contribution in [0.25, 0.3) is 16.6 Å². The van der Waals surface area contributed by atoms with Crippen molar-refractivity contribution < 1.29 is 14.6 Å². The van der Waals surface area contributed by atoms with Gasteiger partial charge in [0, 0.05) is 16.8 Å². The first kappa shape index (κ1) is 14.2. The molecule has 0 saturated carbocycles. The SMILES string of the molecule is COc1ccc2c(c1)c(C(=O)O)c(C)n2-c1cccc(C)c1. The number of aromatic nitrogens is 1. The number of hydrogen-bond donors (Lipinski definition) is 1. The summed E-state index contributed by atoms with van der Waals surface area (Å²) in [5, 5.41) is 10.3. The molecule has 4 nitrogen and oxygen atoms in total. The molecule has 0 aliphatic carbocycles. The van der Waals surface area contributed by atoms with Gasteiger partial charge < -0.3 is 14.4 Å². The fourth-order valence-corrected chi connectivity index (χ4v) is 2.89. The second-order valence-electron chi connectivity index (χ2n) is 5.32. The topological polar surface area (TPSA) is 51.5 Å². The van der Waals surface area contributed by atoms with Gasteiger partial charge in [-0.15, -0.1) is 0 Å². The Hall–Kier alpha value is -2.75. The Morgan fingerprint density at radius 1 is 1.14 bits per heavy atom. The maximum atomic E-state index is 11.7. The van der Waals surface area contributed by atoms with Crippen molar-refractivity contribution in [2.24, 2.45) is 0 Å². The third-order valence-electron chi connectivity index (χ3n) is 3.88. The first-order valence-electron chi connectivity index (χ1n) is 7.02. The highest BCUT2D eigenvalue weighted by molar-refractivity contribution is 6.06. The van der Waals surface area contributed by atoms with Crippen molar-refractivity contribution in [1.82, 2.24) is 4.57 Å². The maximum Gasteiger partial charge on any atom is 0.338 e. The van der Waals surface area contributed by atoms with Gasteiger partial charge in [0.05, 0.1) is 18.2 Å². The number of carboxylic acid groups (broad SMARTS) is 1. The summed E-state index contributed by atoms with van der Waals surface area (Å²) in [6.45, 7) is 3.85. The van der Waals surface area contributed by atoms with Gasteiger partial charge in [-0.2, -0.15) is 0 Å². The lowest BCUT2D eigenvalue weighted by Gasteiger charge is -2.09. The Morgan fingerprint density at radius 2 is 1.91 bits per heavy atom. The Labute approximate surface area is 128 Å². The molecule has 0 radical (unpaired) electrons. The molecular weight excluding hydrogens is 278 g/mol. The van der Waals surface area contributed by atoms with Crippen LogP contribution >= 0.6 is 0 Å². The number of benzene rings is 2. The van der Waals surface area contributed by atoms with E-state index in [1.165, 1.54) is 0 Å². The summed E-state index contributed by atoms with van der Waals surface area (Å²) in [4.78, 5) is 11.7. The number of aryl methyl sites for hydroxylation is 1. The smallest absolute Gasteiger partial charge is 0.338 e. The van der Waals surface area contributed by atoms with Gasteiger partial charge in [-0.1, -0.05) is 12.1 Å². The minimum absolute atomic E-state index is 0.315. The summed E-state index contributed by atoms with van der Waals surface area (Å²) < 4.78 is 7.21. The highest BCUT2D eigenvalue weighted by atomic mass is 16.5. The molecule has 0 spiro atoms. The van der Waals surface area contributed by atoms with E-state index in [-0.39, 0.29) is 0 Å². The van der Waals surface area contributed by atoms with E-state index >= 15 is 0 Å². The molecule has 0 fully saturated rings. The van der Waals surface area contributed by atoms with Crippen molar-refractivity contribution in [2.45, 2.75) is 13.8 Å². The summed E-state index contributed by atoms with van der Waals surface area (Å²) >= 11 is 0. The molecule has 0 bridgehead atoms. The van der Waals surface area contributed by atoms with Crippen LogP contribution in [0.15, 0.2) is 42.5 Å². The normalized spacial score (nSPS) is 10.9. The van der Waals surface area contributed by atoms with Gasteiger partial charge >= 0.3 is 5.97 Å². The number of methoxy groups -OCH3 is 1. The molecule has 4 heteroatoms. The van der Waals surface area contributed by atoms with Crippen molar-refractivity contribution in [2.75, 3.05) is 7.11 Å². The molecule has 0 aliphatic heterocycles. The zero-order valence-electron chi connectivity index (χ0n) is 12.8. The summed E-state index contributed by atoms with van der Waals surface area (Å²) in [6.07, 6.45) is 0. The third kappa shape index (κ3) is 2.13. The molecule has 0 amide bonds. The summed E-state index contributed by atoms with van der Waals surface area (Å²) in [6, 6.07) is 13.5. The first-order chi connectivity index (χ1) is 10.5. The van der Waals surface area contributed by atoms with E-state index in [0.29, 0.717) is 22.4 Å². The van der Waals surface area contributed by atoms with Crippen molar-refractivity contribution >= 4 is 16.9 Å².